The minimum atomic E-state index is 0.207. The Balaban J connectivity index is 2.72. The van der Waals surface area contributed by atoms with Crippen LogP contribution < -0.4 is 4.74 Å². The average molecular weight is 218 g/mol. The number of rotatable bonds is 3. The molecule has 4 heteroatoms. The molecule has 0 aliphatic carbocycles. The van der Waals surface area contributed by atoms with E-state index in [0.717, 1.165) is 23.1 Å². The molecule has 2 aromatic rings. The maximum Gasteiger partial charge on any atom is 0.185 e. The summed E-state index contributed by atoms with van der Waals surface area (Å²) < 4.78 is 7.05. The summed E-state index contributed by atoms with van der Waals surface area (Å²) in [6.07, 6.45) is 0.784. The number of carbonyl (C=O) groups is 1. The zero-order valence-electron chi connectivity index (χ0n) is 9.60. The molecule has 0 atom stereocenters. The number of aldehydes is 1. The van der Waals surface area contributed by atoms with Crippen LogP contribution in [0.5, 0.6) is 5.75 Å². The van der Waals surface area contributed by atoms with E-state index in [9.17, 15) is 4.79 Å². The van der Waals surface area contributed by atoms with E-state index in [1.165, 1.54) is 0 Å². The summed E-state index contributed by atoms with van der Waals surface area (Å²) in [6, 6.07) is 5.84. The lowest BCUT2D eigenvalue weighted by atomic mass is 10.2. The first-order valence-corrected chi connectivity index (χ1v) is 5.18. The fourth-order valence-electron chi connectivity index (χ4n) is 1.85. The van der Waals surface area contributed by atoms with Crippen LogP contribution in [-0.4, -0.2) is 22.9 Å². The summed E-state index contributed by atoms with van der Waals surface area (Å²) in [5.41, 5.74) is 1.74. The first kappa shape index (κ1) is 10.7. The quantitative estimate of drug-likeness (QED) is 0.743. The van der Waals surface area contributed by atoms with Gasteiger partial charge in [-0.2, -0.15) is 0 Å². The van der Waals surface area contributed by atoms with Crippen molar-refractivity contribution in [1.29, 1.82) is 0 Å². The number of methoxy groups -OCH3 is 1. The Bertz CT molecular complexity index is 529. The van der Waals surface area contributed by atoms with Crippen LogP contribution in [0.15, 0.2) is 18.2 Å². The average Bonchev–Trinajstić information content (AvgIpc) is 2.65. The van der Waals surface area contributed by atoms with Gasteiger partial charge in [-0.05, 0) is 26.0 Å². The van der Waals surface area contributed by atoms with E-state index in [0.29, 0.717) is 5.82 Å². The van der Waals surface area contributed by atoms with E-state index in [1.54, 1.807) is 7.11 Å². The number of imidazole rings is 1. The maximum atomic E-state index is 10.9. The van der Waals surface area contributed by atoms with Crippen molar-refractivity contribution in [2.45, 2.75) is 19.9 Å². The highest BCUT2D eigenvalue weighted by molar-refractivity contribution is 5.84. The Hall–Kier alpha value is -1.84. The summed E-state index contributed by atoms with van der Waals surface area (Å²) in [4.78, 5) is 15.2. The lowest BCUT2D eigenvalue weighted by Crippen LogP contribution is -2.05. The molecule has 0 unspecified atom stereocenters. The van der Waals surface area contributed by atoms with Crippen LogP contribution in [0.25, 0.3) is 11.0 Å². The highest BCUT2D eigenvalue weighted by atomic mass is 16.5. The second kappa shape index (κ2) is 3.96. The van der Waals surface area contributed by atoms with Crippen molar-refractivity contribution < 1.29 is 9.53 Å². The van der Waals surface area contributed by atoms with Crippen LogP contribution in [0.1, 0.15) is 30.5 Å². The molecule has 0 bridgehead atoms. The van der Waals surface area contributed by atoms with Crippen molar-refractivity contribution in [3.05, 3.63) is 24.0 Å². The van der Waals surface area contributed by atoms with Crippen LogP contribution in [0.4, 0.5) is 0 Å². The summed E-state index contributed by atoms with van der Waals surface area (Å²) >= 11 is 0. The molecule has 4 nitrogen and oxygen atoms in total. The van der Waals surface area contributed by atoms with Crippen molar-refractivity contribution in [2.75, 3.05) is 7.11 Å². The number of carbonyl (C=O) groups excluding carboxylic acids is 1. The number of ether oxygens (including phenoxy) is 1. The molecule has 0 aliphatic rings. The molecule has 84 valence electrons. The molecule has 1 heterocycles. The molecule has 0 amide bonds. The number of benzene rings is 1. The highest BCUT2D eigenvalue weighted by Gasteiger charge is 2.12. The lowest BCUT2D eigenvalue weighted by Gasteiger charge is -2.09. The molecular weight excluding hydrogens is 204 g/mol. The second-order valence-corrected chi connectivity index (χ2v) is 3.91. The molecule has 2 rings (SSSR count). The highest BCUT2D eigenvalue weighted by Crippen LogP contribution is 2.24. The van der Waals surface area contributed by atoms with Gasteiger partial charge in [-0.1, -0.05) is 0 Å². The molecule has 1 aromatic carbocycles. The predicted molar refractivity (Wildman–Crippen MR) is 62.1 cm³/mol. The van der Waals surface area contributed by atoms with Crippen molar-refractivity contribution in [2.24, 2.45) is 0 Å². The van der Waals surface area contributed by atoms with Crippen LogP contribution in [0.2, 0.25) is 0 Å². The fourth-order valence-corrected chi connectivity index (χ4v) is 1.85. The van der Waals surface area contributed by atoms with Crippen LogP contribution >= 0.6 is 0 Å². The van der Waals surface area contributed by atoms with Gasteiger partial charge in [0.25, 0.3) is 0 Å². The number of fused-ring (bicyclic) bond motifs is 1. The van der Waals surface area contributed by atoms with Gasteiger partial charge in [-0.3, -0.25) is 4.79 Å². The monoisotopic (exact) mass is 218 g/mol. The molecule has 0 saturated heterocycles. The minimum absolute atomic E-state index is 0.207. The van der Waals surface area contributed by atoms with E-state index < -0.39 is 0 Å². The zero-order valence-corrected chi connectivity index (χ0v) is 9.60. The molecular formula is C12H14N2O2. The topological polar surface area (TPSA) is 44.1 Å². The van der Waals surface area contributed by atoms with Crippen molar-refractivity contribution in [3.8, 4) is 5.75 Å². The largest absolute Gasteiger partial charge is 0.497 e. The predicted octanol–water partition coefficient (Wildman–Crippen LogP) is 2.44. The Morgan fingerprint density at radius 1 is 1.44 bits per heavy atom. The molecule has 0 radical (unpaired) electrons. The fraction of sp³-hybridized carbons (Fsp3) is 0.333. The van der Waals surface area contributed by atoms with E-state index in [4.69, 9.17) is 4.74 Å². The van der Waals surface area contributed by atoms with Gasteiger partial charge >= 0.3 is 0 Å². The Morgan fingerprint density at radius 3 is 2.75 bits per heavy atom. The van der Waals surface area contributed by atoms with Gasteiger partial charge < -0.3 is 9.30 Å². The second-order valence-electron chi connectivity index (χ2n) is 3.91. The lowest BCUT2D eigenvalue weighted by molar-refractivity contribution is 0.111. The third-order valence-electron chi connectivity index (χ3n) is 2.55. The number of hydrogen-bond acceptors (Lipinski definition) is 3. The van der Waals surface area contributed by atoms with Gasteiger partial charge in [0.1, 0.15) is 5.75 Å². The van der Waals surface area contributed by atoms with Crippen LogP contribution in [0, 0.1) is 0 Å². The number of aromatic nitrogens is 2. The summed E-state index contributed by atoms with van der Waals surface area (Å²) in [5.74, 6) is 1.21. The van der Waals surface area contributed by atoms with Gasteiger partial charge in [0, 0.05) is 12.1 Å². The Morgan fingerprint density at radius 2 is 2.19 bits per heavy atom. The van der Waals surface area contributed by atoms with Crippen molar-refractivity contribution >= 4 is 17.3 Å². The van der Waals surface area contributed by atoms with Crippen molar-refractivity contribution in [3.63, 3.8) is 0 Å². The molecule has 0 spiro atoms. The number of nitrogens with zero attached hydrogens (tertiary/aromatic N) is 2. The smallest absolute Gasteiger partial charge is 0.185 e. The number of hydrogen-bond donors (Lipinski definition) is 0. The molecule has 1 aromatic heterocycles. The SMILES string of the molecule is COc1ccc2c(c1)nc(C=O)n2C(C)C. The van der Waals surface area contributed by atoms with Crippen LogP contribution in [0.3, 0.4) is 0 Å². The van der Waals surface area contributed by atoms with E-state index in [-0.39, 0.29) is 6.04 Å². The standard InChI is InChI=1S/C12H14N2O2/c1-8(2)14-11-5-4-9(16-3)6-10(11)13-12(14)7-15/h4-8H,1-3H3. The van der Waals surface area contributed by atoms with E-state index in [1.807, 2.05) is 36.6 Å². The molecule has 16 heavy (non-hydrogen) atoms. The molecule has 0 aliphatic heterocycles. The normalized spacial score (nSPS) is 11.0. The van der Waals surface area contributed by atoms with E-state index >= 15 is 0 Å². The summed E-state index contributed by atoms with van der Waals surface area (Å²) in [6.45, 7) is 4.05. The third kappa shape index (κ3) is 1.56. The summed E-state index contributed by atoms with van der Waals surface area (Å²) in [7, 11) is 1.61. The zero-order chi connectivity index (χ0) is 11.7. The van der Waals surface area contributed by atoms with Gasteiger partial charge in [-0.15, -0.1) is 0 Å². The Labute approximate surface area is 93.9 Å². The van der Waals surface area contributed by atoms with Gasteiger partial charge in [0.2, 0.25) is 0 Å². The third-order valence-corrected chi connectivity index (χ3v) is 2.55. The minimum Gasteiger partial charge on any atom is -0.497 e. The first-order chi connectivity index (χ1) is 7.67. The molecule has 0 fully saturated rings. The first-order valence-electron chi connectivity index (χ1n) is 5.18. The van der Waals surface area contributed by atoms with Gasteiger partial charge in [-0.25, -0.2) is 4.98 Å². The van der Waals surface area contributed by atoms with E-state index in [2.05, 4.69) is 4.98 Å². The van der Waals surface area contributed by atoms with Crippen molar-refractivity contribution in [1.82, 2.24) is 9.55 Å². The Kier molecular flexibility index (Phi) is 2.64. The maximum absolute atomic E-state index is 10.9. The molecule has 0 saturated carbocycles. The summed E-state index contributed by atoms with van der Waals surface area (Å²) in [5, 5.41) is 0. The molecule has 0 N–H and O–H groups in total. The van der Waals surface area contributed by atoms with Crippen LogP contribution in [-0.2, 0) is 0 Å². The van der Waals surface area contributed by atoms with Gasteiger partial charge in [0.05, 0.1) is 18.1 Å². The van der Waals surface area contributed by atoms with Gasteiger partial charge in [0.15, 0.2) is 12.1 Å².